The molecular formula is C23H25BrF3N3O4. The maximum atomic E-state index is 12.8. The number of unbranched alkanes of at least 4 members (excludes halogenated alkanes) is 1. The topological polar surface area (TPSA) is 89.0 Å². The third-order valence-electron chi connectivity index (χ3n) is 4.45. The molecule has 2 amide bonds. The molecule has 2 rings (SSSR count). The van der Waals surface area contributed by atoms with Gasteiger partial charge in [0.1, 0.15) is 0 Å². The predicted octanol–water partition coefficient (Wildman–Crippen LogP) is 5.52. The highest BCUT2D eigenvalue weighted by molar-refractivity contribution is 9.10. The van der Waals surface area contributed by atoms with Gasteiger partial charge >= 0.3 is 6.18 Å². The number of nitrogens with zero attached hydrogens (tertiary/aromatic N) is 1. The second-order valence-electron chi connectivity index (χ2n) is 7.16. The molecule has 0 heterocycles. The van der Waals surface area contributed by atoms with Crippen molar-refractivity contribution in [1.29, 1.82) is 0 Å². The Morgan fingerprint density at radius 1 is 1.15 bits per heavy atom. The van der Waals surface area contributed by atoms with Gasteiger partial charge in [0, 0.05) is 18.5 Å². The molecule has 2 N–H and O–H groups in total. The maximum Gasteiger partial charge on any atom is 0.416 e. The van der Waals surface area contributed by atoms with Crippen LogP contribution in [0.25, 0.3) is 0 Å². The maximum absolute atomic E-state index is 12.8. The highest BCUT2D eigenvalue weighted by atomic mass is 79.9. The van der Waals surface area contributed by atoms with Crippen molar-refractivity contribution in [2.75, 3.05) is 19.0 Å². The van der Waals surface area contributed by atoms with Crippen molar-refractivity contribution < 1.29 is 32.2 Å². The molecule has 184 valence electrons. The van der Waals surface area contributed by atoms with Gasteiger partial charge in [0.05, 0.1) is 30.0 Å². The third kappa shape index (κ3) is 8.69. The van der Waals surface area contributed by atoms with Gasteiger partial charge in [0.15, 0.2) is 11.5 Å². The van der Waals surface area contributed by atoms with Crippen LogP contribution >= 0.6 is 15.9 Å². The van der Waals surface area contributed by atoms with E-state index in [2.05, 4.69) is 38.7 Å². The number of halogens is 4. The van der Waals surface area contributed by atoms with Gasteiger partial charge in [-0.15, -0.1) is 0 Å². The Bertz CT molecular complexity index is 1030. The number of carbonyl (C=O) groups excluding carboxylic acids is 2. The molecule has 0 saturated carbocycles. The van der Waals surface area contributed by atoms with E-state index in [-0.39, 0.29) is 18.5 Å². The number of methoxy groups -OCH3 is 1. The normalized spacial score (nSPS) is 11.4. The molecule has 0 aromatic heterocycles. The number of benzene rings is 2. The summed E-state index contributed by atoms with van der Waals surface area (Å²) in [6.07, 6.45) is -1.62. The number of alkyl halides is 3. The second kappa shape index (κ2) is 13.0. The molecule has 0 aliphatic rings. The molecular weight excluding hydrogens is 519 g/mol. The molecule has 0 aliphatic heterocycles. The van der Waals surface area contributed by atoms with Crippen LogP contribution in [0, 0.1) is 0 Å². The molecule has 0 radical (unpaired) electrons. The van der Waals surface area contributed by atoms with E-state index in [1.54, 1.807) is 12.1 Å². The first-order chi connectivity index (χ1) is 16.1. The minimum Gasteiger partial charge on any atom is -0.493 e. The monoisotopic (exact) mass is 543 g/mol. The number of hydrogen-bond donors (Lipinski definition) is 2. The first-order valence-electron chi connectivity index (χ1n) is 10.4. The van der Waals surface area contributed by atoms with Gasteiger partial charge in [-0.1, -0.05) is 19.4 Å². The van der Waals surface area contributed by atoms with Crippen LogP contribution in [0.1, 0.15) is 43.7 Å². The van der Waals surface area contributed by atoms with Gasteiger partial charge < -0.3 is 14.8 Å². The lowest BCUT2D eigenvalue weighted by molar-refractivity contribution is -0.137. The molecule has 0 saturated heterocycles. The molecule has 11 heteroatoms. The molecule has 0 bridgehead atoms. The largest absolute Gasteiger partial charge is 0.493 e. The summed E-state index contributed by atoms with van der Waals surface area (Å²) in [4.78, 5) is 23.9. The van der Waals surface area contributed by atoms with Gasteiger partial charge in [-0.3, -0.25) is 9.59 Å². The Kier molecular flexibility index (Phi) is 10.4. The molecule has 34 heavy (non-hydrogen) atoms. The summed E-state index contributed by atoms with van der Waals surface area (Å²) in [5.74, 6) is -0.0415. The van der Waals surface area contributed by atoms with Crippen LogP contribution in [0.2, 0.25) is 0 Å². The van der Waals surface area contributed by atoms with E-state index in [0.717, 1.165) is 25.0 Å². The molecule has 2 aromatic carbocycles. The number of hydrogen-bond acceptors (Lipinski definition) is 5. The minimum atomic E-state index is -4.51. The summed E-state index contributed by atoms with van der Waals surface area (Å²) in [5, 5.41) is 6.21. The number of carbonyl (C=O) groups is 2. The molecule has 0 fully saturated rings. The van der Waals surface area contributed by atoms with Crippen molar-refractivity contribution in [1.82, 2.24) is 5.43 Å². The van der Waals surface area contributed by atoms with Crippen molar-refractivity contribution in [2.24, 2.45) is 5.10 Å². The molecule has 0 atom stereocenters. The lowest BCUT2D eigenvalue weighted by Gasteiger charge is -2.13. The molecule has 7 nitrogen and oxygen atoms in total. The Labute approximate surface area is 203 Å². The Balaban J connectivity index is 1.86. The number of ether oxygens (including phenoxy) is 2. The fraction of sp³-hybridized carbons (Fsp3) is 0.348. The third-order valence-corrected chi connectivity index (χ3v) is 5.04. The SMILES string of the molecule is CCCCOc1c(Br)cc(C=NNC(=O)CCC(=O)Nc2cccc(C(F)(F)F)c2)cc1OC. The average molecular weight is 544 g/mol. The number of amides is 2. The summed E-state index contributed by atoms with van der Waals surface area (Å²) in [7, 11) is 1.52. The molecule has 0 unspecified atom stereocenters. The smallest absolute Gasteiger partial charge is 0.416 e. The fourth-order valence-electron chi connectivity index (χ4n) is 2.73. The Hall–Kier alpha value is -3.08. The highest BCUT2D eigenvalue weighted by Gasteiger charge is 2.30. The van der Waals surface area contributed by atoms with Gasteiger partial charge in [-0.25, -0.2) is 5.43 Å². The minimum absolute atomic E-state index is 0.0000937. The van der Waals surface area contributed by atoms with E-state index in [1.807, 2.05) is 0 Å². The summed E-state index contributed by atoms with van der Waals surface area (Å²) in [6, 6.07) is 7.71. The zero-order valence-corrected chi connectivity index (χ0v) is 20.3. The zero-order chi connectivity index (χ0) is 25.1. The Morgan fingerprint density at radius 2 is 1.88 bits per heavy atom. The summed E-state index contributed by atoms with van der Waals surface area (Å²) in [6.45, 7) is 2.61. The van der Waals surface area contributed by atoms with Crippen LogP contribution in [-0.2, 0) is 15.8 Å². The van der Waals surface area contributed by atoms with Gasteiger partial charge in [0.25, 0.3) is 0 Å². The van der Waals surface area contributed by atoms with Gasteiger partial charge in [0.2, 0.25) is 11.8 Å². The lowest BCUT2D eigenvalue weighted by atomic mass is 10.2. The summed E-state index contributed by atoms with van der Waals surface area (Å²) < 4.78 is 50.0. The van der Waals surface area contributed by atoms with Crippen LogP contribution in [-0.4, -0.2) is 31.7 Å². The standard InChI is InChI=1S/C23H25BrF3N3O4/c1-3-4-10-34-22-18(24)11-15(12-19(22)33-2)14-28-30-21(32)9-8-20(31)29-17-7-5-6-16(13-17)23(25,26)27/h5-7,11-14H,3-4,8-10H2,1-2H3,(H,29,31)(H,30,32). The average Bonchev–Trinajstić information content (AvgIpc) is 2.78. The van der Waals surface area contributed by atoms with Crippen molar-refractivity contribution in [2.45, 2.75) is 38.8 Å². The zero-order valence-electron chi connectivity index (χ0n) is 18.7. The van der Waals surface area contributed by atoms with E-state index in [4.69, 9.17) is 9.47 Å². The number of rotatable bonds is 11. The Morgan fingerprint density at radius 3 is 2.56 bits per heavy atom. The van der Waals surface area contributed by atoms with Crippen LogP contribution in [0.5, 0.6) is 11.5 Å². The fourth-order valence-corrected chi connectivity index (χ4v) is 3.31. The van der Waals surface area contributed by atoms with Crippen LogP contribution < -0.4 is 20.2 Å². The summed E-state index contributed by atoms with van der Waals surface area (Å²) in [5.41, 5.74) is 2.07. The van der Waals surface area contributed by atoms with Crippen molar-refractivity contribution in [3.05, 3.63) is 52.0 Å². The molecule has 0 spiro atoms. The van der Waals surface area contributed by atoms with E-state index in [9.17, 15) is 22.8 Å². The number of hydrazone groups is 1. The first kappa shape index (κ1) is 27.2. The summed E-state index contributed by atoms with van der Waals surface area (Å²) >= 11 is 3.43. The van der Waals surface area contributed by atoms with Crippen LogP contribution in [0.3, 0.4) is 0 Å². The molecule has 0 aliphatic carbocycles. The van der Waals surface area contributed by atoms with Gasteiger partial charge in [-0.05, 0) is 58.2 Å². The van der Waals surface area contributed by atoms with Crippen LogP contribution in [0.15, 0.2) is 46.0 Å². The predicted molar refractivity (Wildman–Crippen MR) is 126 cm³/mol. The van der Waals surface area contributed by atoms with E-state index >= 15 is 0 Å². The van der Waals surface area contributed by atoms with Crippen molar-refractivity contribution in [3.63, 3.8) is 0 Å². The molecule has 2 aromatic rings. The number of nitrogens with one attached hydrogen (secondary N) is 2. The lowest BCUT2D eigenvalue weighted by Crippen LogP contribution is -2.20. The quantitative estimate of drug-likeness (QED) is 0.222. The van der Waals surface area contributed by atoms with Gasteiger partial charge in [-0.2, -0.15) is 18.3 Å². The van der Waals surface area contributed by atoms with E-state index in [1.165, 1.54) is 25.5 Å². The van der Waals surface area contributed by atoms with E-state index in [0.29, 0.717) is 28.1 Å². The van der Waals surface area contributed by atoms with Crippen LogP contribution in [0.4, 0.5) is 18.9 Å². The number of anilines is 1. The highest BCUT2D eigenvalue weighted by Crippen LogP contribution is 2.36. The van der Waals surface area contributed by atoms with E-state index < -0.39 is 23.6 Å². The van der Waals surface area contributed by atoms with Crippen molar-refractivity contribution in [3.8, 4) is 11.5 Å². The second-order valence-corrected chi connectivity index (χ2v) is 8.01. The van der Waals surface area contributed by atoms with Crippen molar-refractivity contribution >= 4 is 39.6 Å². The first-order valence-corrected chi connectivity index (χ1v) is 11.2.